The van der Waals surface area contributed by atoms with Crippen molar-refractivity contribution < 1.29 is 14.7 Å². The maximum Gasteiger partial charge on any atom is 0.307 e. The number of carbonyl (C=O) groups excluding carboxylic acids is 1. The first-order valence-corrected chi connectivity index (χ1v) is 7.71. The van der Waals surface area contributed by atoms with Crippen LogP contribution in [0.1, 0.15) is 31.2 Å². The molecule has 1 amide bonds. The van der Waals surface area contributed by atoms with Crippen LogP contribution in [0, 0.1) is 11.8 Å². The fourth-order valence-electron chi connectivity index (χ4n) is 2.26. The number of fused-ring (bicyclic) bond motifs is 1. The van der Waals surface area contributed by atoms with E-state index in [-0.39, 0.29) is 5.91 Å². The average Bonchev–Trinajstić information content (AvgIpc) is 3.12. The van der Waals surface area contributed by atoms with Crippen molar-refractivity contribution >= 4 is 39.1 Å². The molecule has 0 spiro atoms. The molecule has 1 aromatic heterocycles. The molecule has 0 bridgehead atoms. The number of carboxylic acid groups (broad SMARTS) is 1. The van der Waals surface area contributed by atoms with Gasteiger partial charge in [0.25, 0.3) is 0 Å². The van der Waals surface area contributed by atoms with Gasteiger partial charge in [0.15, 0.2) is 0 Å². The largest absolute Gasteiger partial charge is 0.481 e. The number of thiazole rings is 1. The van der Waals surface area contributed by atoms with E-state index in [4.69, 9.17) is 5.11 Å². The number of carbonyl (C=O) groups is 2. The Bertz CT molecular complexity index is 723. The molecule has 3 rings (SSSR count). The van der Waals surface area contributed by atoms with E-state index >= 15 is 0 Å². The lowest BCUT2D eigenvalue weighted by molar-refractivity contribution is -0.139. The van der Waals surface area contributed by atoms with Crippen LogP contribution in [0.4, 0.5) is 5.69 Å². The number of aliphatic carboxylic acids is 1. The van der Waals surface area contributed by atoms with Gasteiger partial charge >= 0.3 is 5.97 Å². The van der Waals surface area contributed by atoms with Gasteiger partial charge in [0.05, 0.1) is 27.1 Å². The molecular weight excluding hydrogens is 288 g/mol. The molecule has 2 aromatic rings. The number of anilines is 1. The van der Waals surface area contributed by atoms with Crippen molar-refractivity contribution in [2.75, 3.05) is 5.32 Å². The van der Waals surface area contributed by atoms with E-state index in [1.807, 2.05) is 18.2 Å². The van der Waals surface area contributed by atoms with Gasteiger partial charge < -0.3 is 10.4 Å². The zero-order valence-electron chi connectivity index (χ0n) is 11.8. The Labute approximate surface area is 126 Å². The molecule has 0 aliphatic heterocycles. The van der Waals surface area contributed by atoms with Crippen LogP contribution >= 0.6 is 11.3 Å². The molecule has 1 fully saturated rings. The van der Waals surface area contributed by atoms with Gasteiger partial charge in [0, 0.05) is 11.6 Å². The minimum absolute atomic E-state index is 0.213. The van der Waals surface area contributed by atoms with Crippen LogP contribution in [0.25, 0.3) is 10.2 Å². The lowest BCUT2D eigenvalue weighted by atomic mass is 10.2. The molecule has 5 nitrogen and oxygen atoms in total. The molecule has 1 heterocycles. The highest BCUT2D eigenvalue weighted by atomic mass is 32.1. The predicted molar refractivity (Wildman–Crippen MR) is 81.6 cm³/mol. The van der Waals surface area contributed by atoms with Crippen LogP contribution in [0.15, 0.2) is 18.2 Å². The second-order valence-corrected chi connectivity index (χ2v) is 6.73. The number of amides is 1. The SMILES string of the molecule is CC(C)c1nc2ccc(NC(=O)C3CC3C(=O)O)cc2s1. The molecule has 110 valence electrons. The number of nitrogens with one attached hydrogen (secondary N) is 1. The topological polar surface area (TPSA) is 79.3 Å². The van der Waals surface area contributed by atoms with Crippen molar-refractivity contribution in [3.63, 3.8) is 0 Å². The Morgan fingerprint density at radius 2 is 2.14 bits per heavy atom. The monoisotopic (exact) mass is 304 g/mol. The molecule has 0 saturated heterocycles. The second-order valence-electron chi connectivity index (χ2n) is 5.67. The normalized spacial score (nSPS) is 20.7. The number of benzene rings is 1. The molecule has 2 N–H and O–H groups in total. The number of rotatable bonds is 4. The summed E-state index contributed by atoms with van der Waals surface area (Å²) in [7, 11) is 0. The Kier molecular flexibility index (Phi) is 3.41. The summed E-state index contributed by atoms with van der Waals surface area (Å²) >= 11 is 1.62. The number of carboxylic acids is 1. The summed E-state index contributed by atoms with van der Waals surface area (Å²) in [5.41, 5.74) is 1.62. The number of hydrogen-bond acceptors (Lipinski definition) is 4. The fraction of sp³-hybridized carbons (Fsp3) is 0.400. The van der Waals surface area contributed by atoms with E-state index < -0.39 is 17.8 Å². The average molecular weight is 304 g/mol. The third-order valence-corrected chi connectivity index (χ3v) is 4.93. The molecule has 6 heteroatoms. The first-order chi connectivity index (χ1) is 9.95. The maximum atomic E-state index is 12.0. The van der Waals surface area contributed by atoms with Crippen molar-refractivity contribution in [1.29, 1.82) is 0 Å². The van der Waals surface area contributed by atoms with E-state index in [1.165, 1.54) is 0 Å². The van der Waals surface area contributed by atoms with Gasteiger partial charge in [-0.1, -0.05) is 13.8 Å². The van der Waals surface area contributed by atoms with Gasteiger partial charge in [-0.2, -0.15) is 0 Å². The summed E-state index contributed by atoms with van der Waals surface area (Å²) in [6, 6.07) is 5.59. The van der Waals surface area contributed by atoms with Crippen LogP contribution in [-0.4, -0.2) is 22.0 Å². The van der Waals surface area contributed by atoms with Crippen LogP contribution in [0.2, 0.25) is 0 Å². The number of nitrogens with zero attached hydrogens (tertiary/aromatic N) is 1. The fourth-order valence-corrected chi connectivity index (χ4v) is 3.27. The molecule has 1 aromatic carbocycles. The van der Waals surface area contributed by atoms with E-state index in [9.17, 15) is 9.59 Å². The minimum Gasteiger partial charge on any atom is -0.481 e. The summed E-state index contributed by atoms with van der Waals surface area (Å²) in [5.74, 6) is -1.65. The van der Waals surface area contributed by atoms with Crippen molar-refractivity contribution in [3.8, 4) is 0 Å². The lowest BCUT2D eigenvalue weighted by Crippen LogP contribution is -2.16. The van der Waals surface area contributed by atoms with Crippen LogP contribution < -0.4 is 5.32 Å². The summed E-state index contributed by atoms with van der Waals surface area (Å²) in [6.45, 7) is 4.19. The highest BCUT2D eigenvalue weighted by Crippen LogP contribution is 2.39. The summed E-state index contributed by atoms with van der Waals surface area (Å²) in [5, 5.41) is 12.7. The lowest BCUT2D eigenvalue weighted by Gasteiger charge is -2.03. The predicted octanol–water partition coefficient (Wildman–Crippen LogP) is 3.08. The Morgan fingerprint density at radius 1 is 1.38 bits per heavy atom. The second kappa shape index (κ2) is 5.11. The Morgan fingerprint density at radius 3 is 2.76 bits per heavy atom. The van der Waals surface area contributed by atoms with E-state index in [2.05, 4.69) is 24.1 Å². The van der Waals surface area contributed by atoms with Gasteiger partial charge in [0.2, 0.25) is 5.91 Å². The van der Waals surface area contributed by atoms with Gasteiger partial charge in [-0.05, 0) is 24.6 Å². The number of aromatic nitrogens is 1. The zero-order valence-corrected chi connectivity index (χ0v) is 12.6. The van der Waals surface area contributed by atoms with E-state index in [0.29, 0.717) is 18.0 Å². The van der Waals surface area contributed by atoms with Crippen LogP contribution in [-0.2, 0) is 9.59 Å². The molecule has 2 unspecified atom stereocenters. The highest BCUT2D eigenvalue weighted by molar-refractivity contribution is 7.18. The van der Waals surface area contributed by atoms with Crippen molar-refractivity contribution in [1.82, 2.24) is 4.98 Å². The smallest absolute Gasteiger partial charge is 0.307 e. The maximum absolute atomic E-state index is 12.0. The Hall–Kier alpha value is -1.95. The molecule has 1 aliphatic carbocycles. The molecule has 2 atom stereocenters. The first kappa shape index (κ1) is 14.0. The van der Waals surface area contributed by atoms with Crippen molar-refractivity contribution in [2.45, 2.75) is 26.2 Å². The van der Waals surface area contributed by atoms with Crippen molar-refractivity contribution in [3.05, 3.63) is 23.2 Å². The van der Waals surface area contributed by atoms with E-state index in [1.54, 1.807) is 11.3 Å². The van der Waals surface area contributed by atoms with Crippen LogP contribution in [0.5, 0.6) is 0 Å². The zero-order chi connectivity index (χ0) is 15.1. The molecular formula is C15H16N2O3S. The molecule has 21 heavy (non-hydrogen) atoms. The Balaban J connectivity index is 1.75. The van der Waals surface area contributed by atoms with Gasteiger partial charge in [-0.25, -0.2) is 4.98 Å². The highest BCUT2D eigenvalue weighted by Gasteiger charge is 2.48. The minimum atomic E-state index is -0.894. The first-order valence-electron chi connectivity index (χ1n) is 6.90. The summed E-state index contributed by atoms with van der Waals surface area (Å²) < 4.78 is 1.03. The standard InChI is InChI=1S/C15H16N2O3S/c1-7(2)14-17-11-4-3-8(5-12(11)21-14)16-13(18)9-6-10(9)15(19)20/h3-5,7,9-10H,6H2,1-2H3,(H,16,18)(H,19,20). The summed E-state index contributed by atoms with van der Waals surface area (Å²) in [6.07, 6.45) is 0.432. The van der Waals surface area contributed by atoms with Crippen molar-refractivity contribution in [2.24, 2.45) is 11.8 Å². The van der Waals surface area contributed by atoms with Gasteiger partial charge in [0.1, 0.15) is 0 Å². The molecule has 1 saturated carbocycles. The van der Waals surface area contributed by atoms with Gasteiger partial charge in [-0.15, -0.1) is 11.3 Å². The third-order valence-electron chi connectivity index (χ3n) is 3.61. The molecule has 1 aliphatic rings. The third kappa shape index (κ3) is 2.76. The van der Waals surface area contributed by atoms with Crippen LogP contribution in [0.3, 0.4) is 0 Å². The number of hydrogen-bond donors (Lipinski definition) is 2. The summed E-state index contributed by atoms with van der Waals surface area (Å²) in [4.78, 5) is 27.3. The molecule has 0 radical (unpaired) electrons. The quantitative estimate of drug-likeness (QED) is 0.909. The van der Waals surface area contributed by atoms with E-state index in [0.717, 1.165) is 15.2 Å². The van der Waals surface area contributed by atoms with Gasteiger partial charge in [-0.3, -0.25) is 9.59 Å².